The van der Waals surface area contributed by atoms with Crippen LogP contribution in [0.5, 0.6) is 0 Å². The normalized spacial score (nSPS) is 58.5. The molecule has 3 aliphatic carbocycles. The topological polar surface area (TPSA) is 18.5 Å². The van der Waals surface area contributed by atoms with Crippen molar-refractivity contribution in [1.29, 1.82) is 0 Å². The molecular formula is C18H30O2. The SMILES string of the molecule is C[C@@H]1CC[C@H]2C(C)(C)[C@H]3C[C@@]12C[C@@H]1OC(C)(C)O[C@]13C. The summed E-state index contributed by atoms with van der Waals surface area (Å²) in [6, 6.07) is 0. The first-order chi connectivity index (χ1) is 9.12. The van der Waals surface area contributed by atoms with Gasteiger partial charge in [-0.2, -0.15) is 0 Å². The second-order valence-electron chi connectivity index (χ2n) is 9.34. The Balaban J connectivity index is 1.82. The van der Waals surface area contributed by atoms with E-state index in [0.717, 1.165) is 11.8 Å². The Kier molecular flexibility index (Phi) is 2.35. The summed E-state index contributed by atoms with van der Waals surface area (Å²) in [5.41, 5.74) is 0.836. The molecule has 0 radical (unpaired) electrons. The van der Waals surface area contributed by atoms with Crippen LogP contribution in [0.3, 0.4) is 0 Å². The molecular weight excluding hydrogens is 248 g/mol. The molecule has 4 aliphatic rings. The van der Waals surface area contributed by atoms with Crippen molar-refractivity contribution in [3.63, 3.8) is 0 Å². The van der Waals surface area contributed by atoms with Gasteiger partial charge in [0.2, 0.25) is 0 Å². The molecule has 20 heavy (non-hydrogen) atoms. The molecule has 114 valence electrons. The molecule has 1 spiro atoms. The van der Waals surface area contributed by atoms with Crippen molar-refractivity contribution in [2.75, 3.05) is 0 Å². The van der Waals surface area contributed by atoms with Gasteiger partial charge in [-0.15, -0.1) is 0 Å². The van der Waals surface area contributed by atoms with Gasteiger partial charge in [0.25, 0.3) is 0 Å². The third-order valence-corrected chi connectivity index (χ3v) is 7.73. The third-order valence-electron chi connectivity index (χ3n) is 7.73. The van der Waals surface area contributed by atoms with Crippen molar-refractivity contribution in [1.82, 2.24) is 0 Å². The Labute approximate surface area is 123 Å². The molecule has 4 rings (SSSR count). The highest BCUT2D eigenvalue weighted by Crippen LogP contribution is 2.75. The molecule has 0 aromatic heterocycles. The maximum absolute atomic E-state index is 6.48. The fourth-order valence-corrected chi connectivity index (χ4v) is 7.01. The number of fused-ring (bicyclic) bond motifs is 3. The van der Waals surface area contributed by atoms with Gasteiger partial charge in [0, 0.05) is 0 Å². The van der Waals surface area contributed by atoms with Crippen LogP contribution >= 0.6 is 0 Å². The van der Waals surface area contributed by atoms with Crippen LogP contribution in [0.1, 0.15) is 67.2 Å². The van der Waals surface area contributed by atoms with E-state index in [1.807, 2.05) is 0 Å². The molecule has 4 fully saturated rings. The van der Waals surface area contributed by atoms with E-state index >= 15 is 0 Å². The molecule has 1 heterocycles. The Morgan fingerprint density at radius 1 is 0.900 bits per heavy atom. The summed E-state index contributed by atoms with van der Waals surface area (Å²) in [5, 5.41) is 0. The highest BCUT2D eigenvalue weighted by Gasteiger charge is 2.73. The van der Waals surface area contributed by atoms with Gasteiger partial charge in [0.1, 0.15) is 0 Å². The van der Waals surface area contributed by atoms with Gasteiger partial charge >= 0.3 is 0 Å². The van der Waals surface area contributed by atoms with Crippen LogP contribution in [0.2, 0.25) is 0 Å². The van der Waals surface area contributed by atoms with E-state index in [2.05, 4.69) is 41.5 Å². The van der Waals surface area contributed by atoms with Gasteiger partial charge in [-0.3, -0.25) is 0 Å². The van der Waals surface area contributed by atoms with Crippen molar-refractivity contribution < 1.29 is 9.47 Å². The Morgan fingerprint density at radius 2 is 1.60 bits per heavy atom. The van der Waals surface area contributed by atoms with Crippen LogP contribution in [0.25, 0.3) is 0 Å². The summed E-state index contributed by atoms with van der Waals surface area (Å²) < 4.78 is 12.8. The first-order valence-electron chi connectivity index (χ1n) is 8.50. The number of rotatable bonds is 0. The van der Waals surface area contributed by atoms with Gasteiger partial charge in [0.05, 0.1) is 11.7 Å². The van der Waals surface area contributed by atoms with E-state index < -0.39 is 5.79 Å². The van der Waals surface area contributed by atoms with E-state index in [0.29, 0.717) is 22.9 Å². The first kappa shape index (κ1) is 13.6. The molecule has 1 saturated heterocycles. The van der Waals surface area contributed by atoms with Gasteiger partial charge in [0.15, 0.2) is 5.79 Å². The molecule has 0 aromatic carbocycles. The lowest BCUT2D eigenvalue weighted by molar-refractivity contribution is -0.177. The van der Waals surface area contributed by atoms with E-state index in [1.54, 1.807) is 0 Å². The summed E-state index contributed by atoms with van der Waals surface area (Å²) in [6.45, 7) is 14.0. The highest BCUT2D eigenvalue weighted by atomic mass is 16.8. The highest BCUT2D eigenvalue weighted by molar-refractivity contribution is 5.21. The monoisotopic (exact) mass is 278 g/mol. The van der Waals surface area contributed by atoms with Crippen molar-refractivity contribution in [3.8, 4) is 0 Å². The van der Waals surface area contributed by atoms with Crippen molar-refractivity contribution >= 4 is 0 Å². The molecule has 2 nitrogen and oxygen atoms in total. The fourth-order valence-electron chi connectivity index (χ4n) is 7.01. The molecule has 0 aromatic rings. The third kappa shape index (κ3) is 1.34. The molecule has 3 saturated carbocycles. The van der Waals surface area contributed by atoms with E-state index in [-0.39, 0.29) is 5.60 Å². The van der Waals surface area contributed by atoms with Gasteiger partial charge in [-0.1, -0.05) is 20.8 Å². The maximum atomic E-state index is 6.48. The molecule has 2 heteroatoms. The lowest BCUT2D eigenvalue weighted by Crippen LogP contribution is -2.52. The quantitative estimate of drug-likeness (QED) is 0.654. The summed E-state index contributed by atoms with van der Waals surface area (Å²) in [6.07, 6.45) is 5.70. The van der Waals surface area contributed by atoms with Crippen molar-refractivity contribution in [2.45, 2.75) is 84.7 Å². The van der Waals surface area contributed by atoms with Crippen LogP contribution in [-0.2, 0) is 9.47 Å². The van der Waals surface area contributed by atoms with Crippen molar-refractivity contribution in [2.24, 2.45) is 28.6 Å². The number of ether oxygens (including phenoxy) is 2. The zero-order valence-corrected chi connectivity index (χ0v) is 14.0. The first-order valence-corrected chi connectivity index (χ1v) is 8.50. The van der Waals surface area contributed by atoms with Crippen LogP contribution < -0.4 is 0 Å². The minimum atomic E-state index is -0.409. The molecule has 0 amide bonds. The average molecular weight is 278 g/mol. The fraction of sp³-hybridized carbons (Fsp3) is 1.00. The average Bonchev–Trinajstić information content (AvgIpc) is 2.80. The molecule has 6 atom stereocenters. The Bertz CT molecular complexity index is 454. The standard InChI is InChI=1S/C18H30O2/c1-11-7-8-12-15(2,3)13-9-18(11,12)10-14-17(13,6)20-16(4,5)19-14/h11-14H,7-10H2,1-6H3/t11-,12+,13-,14+,17+,18-/m1/s1. The predicted octanol–water partition coefficient (Wildman–Crippen LogP) is 4.38. The second kappa shape index (κ2) is 3.46. The van der Waals surface area contributed by atoms with E-state index in [4.69, 9.17) is 9.47 Å². The number of hydrogen-bond donors (Lipinski definition) is 0. The minimum absolute atomic E-state index is 0.0810. The minimum Gasteiger partial charge on any atom is -0.344 e. The summed E-state index contributed by atoms with van der Waals surface area (Å²) >= 11 is 0. The largest absolute Gasteiger partial charge is 0.344 e. The molecule has 0 N–H and O–H groups in total. The smallest absolute Gasteiger partial charge is 0.164 e. The Hall–Kier alpha value is -0.0800. The molecule has 2 bridgehead atoms. The van der Waals surface area contributed by atoms with Crippen LogP contribution in [0, 0.1) is 28.6 Å². The predicted molar refractivity (Wildman–Crippen MR) is 79.3 cm³/mol. The van der Waals surface area contributed by atoms with Crippen LogP contribution in [-0.4, -0.2) is 17.5 Å². The lowest BCUT2D eigenvalue weighted by Gasteiger charge is -2.47. The van der Waals surface area contributed by atoms with Gasteiger partial charge in [-0.05, 0) is 75.0 Å². The molecule has 0 unspecified atom stereocenters. The maximum Gasteiger partial charge on any atom is 0.164 e. The van der Waals surface area contributed by atoms with Crippen LogP contribution in [0.15, 0.2) is 0 Å². The lowest BCUT2D eigenvalue weighted by atomic mass is 9.63. The van der Waals surface area contributed by atoms with Gasteiger partial charge in [-0.25, -0.2) is 0 Å². The summed E-state index contributed by atoms with van der Waals surface area (Å²) in [4.78, 5) is 0. The van der Waals surface area contributed by atoms with Crippen LogP contribution in [0.4, 0.5) is 0 Å². The zero-order chi connectivity index (χ0) is 14.6. The Morgan fingerprint density at radius 3 is 2.30 bits per heavy atom. The van der Waals surface area contributed by atoms with Crippen molar-refractivity contribution in [3.05, 3.63) is 0 Å². The van der Waals surface area contributed by atoms with E-state index in [9.17, 15) is 0 Å². The molecule has 1 aliphatic heterocycles. The second-order valence-corrected chi connectivity index (χ2v) is 9.34. The zero-order valence-electron chi connectivity index (χ0n) is 14.0. The van der Waals surface area contributed by atoms with Gasteiger partial charge < -0.3 is 9.47 Å². The van der Waals surface area contributed by atoms with E-state index in [1.165, 1.54) is 25.7 Å². The number of hydrogen-bond acceptors (Lipinski definition) is 2. The summed E-state index contributed by atoms with van der Waals surface area (Å²) in [5.74, 6) is 1.96. The summed E-state index contributed by atoms with van der Waals surface area (Å²) in [7, 11) is 0.